The SMILES string of the molecule is Cc1ccc(Cn2nc(C)c(C(=O)N3CCN(c4oc(-c5ccco5)nc4C#N)CC3)c2Cl)cc1. The highest BCUT2D eigenvalue weighted by Crippen LogP contribution is 2.30. The van der Waals surface area contributed by atoms with Crippen LogP contribution in [0.3, 0.4) is 0 Å². The average molecular weight is 491 g/mol. The van der Waals surface area contributed by atoms with Crippen LogP contribution in [-0.2, 0) is 6.54 Å². The van der Waals surface area contributed by atoms with Crippen molar-refractivity contribution in [3.63, 3.8) is 0 Å². The fraction of sp³-hybridized carbons (Fsp3) is 0.280. The number of nitrogens with zero attached hydrogens (tertiary/aromatic N) is 6. The van der Waals surface area contributed by atoms with Gasteiger partial charge in [-0.2, -0.15) is 15.3 Å². The van der Waals surface area contributed by atoms with Crippen LogP contribution in [0, 0.1) is 25.2 Å². The van der Waals surface area contributed by atoms with Crippen LogP contribution in [0.2, 0.25) is 5.15 Å². The molecule has 0 saturated carbocycles. The molecule has 0 radical (unpaired) electrons. The number of rotatable bonds is 5. The number of carbonyl (C=O) groups is 1. The Balaban J connectivity index is 1.29. The molecule has 5 rings (SSSR count). The molecule has 0 bridgehead atoms. The number of oxazole rings is 1. The minimum atomic E-state index is -0.156. The number of amides is 1. The van der Waals surface area contributed by atoms with Gasteiger partial charge in [-0.05, 0) is 31.5 Å². The maximum absolute atomic E-state index is 13.3. The molecule has 1 fully saturated rings. The molecule has 1 amide bonds. The number of anilines is 1. The lowest BCUT2D eigenvalue weighted by atomic mass is 10.1. The van der Waals surface area contributed by atoms with Crippen LogP contribution >= 0.6 is 11.6 Å². The third kappa shape index (κ3) is 4.40. The maximum atomic E-state index is 13.3. The molecule has 9 nitrogen and oxygen atoms in total. The van der Waals surface area contributed by atoms with Gasteiger partial charge in [-0.15, -0.1) is 0 Å². The van der Waals surface area contributed by atoms with Crippen molar-refractivity contribution in [2.45, 2.75) is 20.4 Å². The first kappa shape index (κ1) is 22.7. The zero-order valence-electron chi connectivity index (χ0n) is 19.4. The van der Waals surface area contributed by atoms with E-state index in [1.54, 1.807) is 28.6 Å². The van der Waals surface area contributed by atoms with E-state index in [0.717, 1.165) is 5.56 Å². The summed E-state index contributed by atoms with van der Waals surface area (Å²) in [6, 6.07) is 13.7. The largest absolute Gasteiger partial charge is 0.459 e. The van der Waals surface area contributed by atoms with E-state index in [2.05, 4.69) is 16.2 Å². The third-order valence-corrected chi connectivity index (χ3v) is 6.42. The topological polar surface area (TPSA) is 104 Å². The van der Waals surface area contributed by atoms with Crippen LogP contribution in [0.25, 0.3) is 11.7 Å². The van der Waals surface area contributed by atoms with Crippen molar-refractivity contribution in [1.82, 2.24) is 19.7 Å². The highest BCUT2D eigenvalue weighted by atomic mass is 35.5. The van der Waals surface area contributed by atoms with Crippen molar-refractivity contribution in [3.05, 3.63) is 75.9 Å². The number of carbonyl (C=O) groups excluding carboxylic acids is 1. The lowest BCUT2D eigenvalue weighted by Crippen LogP contribution is -2.49. The Kier molecular flexibility index (Phi) is 6.05. The van der Waals surface area contributed by atoms with Crippen LogP contribution in [0.1, 0.15) is 32.9 Å². The molecule has 1 saturated heterocycles. The molecule has 178 valence electrons. The van der Waals surface area contributed by atoms with Gasteiger partial charge >= 0.3 is 0 Å². The van der Waals surface area contributed by atoms with Gasteiger partial charge in [0.1, 0.15) is 11.2 Å². The summed E-state index contributed by atoms with van der Waals surface area (Å²) in [7, 11) is 0. The molecular weight excluding hydrogens is 468 g/mol. The molecule has 0 N–H and O–H groups in total. The number of halogens is 1. The second-order valence-corrected chi connectivity index (χ2v) is 8.79. The summed E-state index contributed by atoms with van der Waals surface area (Å²) in [6.45, 7) is 6.18. The summed E-state index contributed by atoms with van der Waals surface area (Å²) in [6.07, 6.45) is 1.52. The molecule has 10 heteroatoms. The van der Waals surface area contributed by atoms with Crippen molar-refractivity contribution in [3.8, 4) is 17.7 Å². The zero-order valence-corrected chi connectivity index (χ0v) is 20.1. The number of hydrogen-bond donors (Lipinski definition) is 0. The van der Waals surface area contributed by atoms with Gasteiger partial charge in [0.05, 0.1) is 24.1 Å². The lowest BCUT2D eigenvalue weighted by Gasteiger charge is -2.34. The average Bonchev–Trinajstić information content (AvgIpc) is 3.60. The Morgan fingerprint density at radius 2 is 1.89 bits per heavy atom. The normalized spacial score (nSPS) is 13.8. The predicted octanol–water partition coefficient (Wildman–Crippen LogP) is 4.28. The van der Waals surface area contributed by atoms with Crippen molar-refractivity contribution in [2.24, 2.45) is 0 Å². The molecule has 1 aliphatic rings. The van der Waals surface area contributed by atoms with E-state index in [9.17, 15) is 10.1 Å². The van der Waals surface area contributed by atoms with Gasteiger partial charge in [-0.25, -0.2) is 4.68 Å². The third-order valence-electron chi connectivity index (χ3n) is 6.03. The molecular formula is C25H23ClN6O3. The van der Waals surface area contributed by atoms with E-state index in [1.807, 2.05) is 36.1 Å². The lowest BCUT2D eigenvalue weighted by molar-refractivity contribution is 0.0744. The molecule has 4 aromatic rings. The van der Waals surface area contributed by atoms with Gasteiger partial charge < -0.3 is 18.6 Å². The van der Waals surface area contributed by atoms with E-state index < -0.39 is 0 Å². The van der Waals surface area contributed by atoms with Gasteiger partial charge in [-0.3, -0.25) is 4.79 Å². The Hall–Kier alpha value is -4.03. The Morgan fingerprint density at radius 3 is 2.54 bits per heavy atom. The molecule has 1 aliphatic heterocycles. The van der Waals surface area contributed by atoms with E-state index in [4.69, 9.17) is 20.4 Å². The Bertz CT molecular complexity index is 1390. The molecule has 0 unspecified atom stereocenters. The molecule has 35 heavy (non-hydrogen) atoms. The van der Waals surface area contributed by atoms with E-state index in [1.165, 1.54) is 11.8 Å². The van der Waals surface area contributed by atoms with Crippen LogP contribution in [0.15, 0.2) is 51.5 Å². The standard InChI is InChI=1S/C25H23ClN6O3/c1-16-5-7-18(8-6-16)15-32-22(26)21(17(2)29-32)24(33)30-9-11-31(12-10-30)25-19(14-27)28-23(35-25)20-4-3-13-34-20/h3-8,13H,9-12,15H2,1-2H3. The van der Waals surface area contributed by atoms with Crippen molar-refractivity contribution >= 4 is 23.4 Å². The summed E-state index contributed by atoms with van der Waals surface area (Å²) in [4.78, 5) is 21.2. The smallest absolute Gasteiger partial charge is 0.266 e. The first-order valence-corrected chi connectivity index (χ1v) is 11.6. The molecule has 4 heterocycles. The minimum Gasteiger partial charge on any atom is -0.459 e. The number of aromatic nitrogens is 3. The second-order valence-electron chi connectivity index (χ2n) is 8.44. The van der Waals surface area contributed by atoms with E-state index in [-0.39, 0.29) is 17.5 Å². The summed E-state index contributed by atoms with van der Waals surface area (Å²) in [5, 5.41) is 14.4. The van der Waals surface area contributed by atoms with Crippen LogP contribution < -0.4 is 4.90 Å². The predicted molar refractivity (Wildman–Crippen MR) is 129 cm³/mol. The van der Waals surface area contributed by atoms with Gasteiger partial charge in [0.15, 0.2) is 5.76 Å². The van der Waals surface area contributed by atoms with Gasteiger partial charge in [0.25, 0.3) is 11.8 Å². The van der Waals surface area contributed by atoms with Gasteiger partial charge in [0, 0.05) is 26.2 Å². The summed E-state index contributed by atoms with van der Waals surface area (Å²) in [5.41, 5.74) is 3.44. The number of benzene rings is 1. The van der Waals surface area contributed by atoms with Crippen LogP contribution in [-0.4, -0.2) is 51.8 Å². The van der Waals surface area contributed by atoms with E-state index >= 15 is 0 Å². The molecule has 1 aromatic carbocycles. The summed E-state index contributed by atoms with van der Waals surface area (Å²) < 4.78 is 12.8. The Labute approximate surface area is 207 Å². The first-order chi connectivity index (χ1) is 16.9. The number of hydrogen-bond acceptors (Lipinski definition) is 7. The molecule has 0 aliphatic carbocycles. The molecule has 0 spiro atoms. The van der Waals surface area contributed by atoms with E-state index in [0.29, 0.717) is 60.8 Å². The first-order valence-electron chi connectivity index (χ1n) is 11.2. The van der Waals surface area contributed by atoms with Crippen molar-refractivity contribution in [2.75, 3.05) is 31.1 Å². The quantitative estimate of drug-likeness (QED) is 0.411. The number of aryl methyl sites for hydroxylation is 2. The maximum Gasteiger partial charge on any atom is 0.266 e. The number of piperazine rings is 1. The highest BCUT2D eigenvalue weighted by molar-refractivity contribution is 6.33. The highest BCUT2D eigenvalue weighted by Gasteiger charge is 2.30. The number of nitriles is 1. The molecule has 3 aromatic heterocycles. The Morgan fingerprint density at radius 1 is 1.14 bits per heavy atom. The number of furan rings is 1. The van der Waals surface area contributed by atoms with Crippen LogP contribution in [0.5, 0.6) is 0 Å². The van der Waals surface area contributed by atoms with Gasteiger partial charge in [0.2, 0.25) is 11.6 Å². The fourth-order valence-electron chi connectivity index (χ4n) is 4.14. The van der Waals surface area contributed by atoms with Crippen molar-refractivity contribution < 1.29 is 13.6 Å². The zero-order chi connectivity index (χ0) is 24.5. The van der Waals surface area contributed by atoms with Gasteiger partial charge in [-0.1, -0.05) is 41.4 Å². The van der Waals surface area contributed by atoms with Crippen LogP contribution in [0.4, 0.5) is 5.88 Å². The van der Waals surface area contributed by atoms with Crippen molar-refractivity contribution in [1.29, 1.82) is 5.26 Å². The summed E-state index contributed by atoms with van der Waals surface area (Å²) >= 11 is 6.61. The second kappa shape index (κ2) is 9.31. The monoisotopic (exact) mass is 490 g/mol. The summed E-state index contributed by atoms with van der Waals surface area (Å²) in [5.74, 6) is 0.931. The molecule has 0 atom stereocenters. The minimum absolute atomic E-state index is 0.156. The fourth-order valence-corrected chi connectivity index (χ4v) is 4.46.